The number of Topliss-reactive ketones (excluding diaryl/α,β-unsaturated/α-hetero) is 1. The number of nitrogens with zero attached hydrogens (tertiary/aromatic N) is 2. The number of aromatic nitrogens is 2. The first-order chi connectivity index (χ1) is 14.5. The predicted octanol–water partition coefficient (Wildman–Crippen LogP) is 4.26. The molecule has 0 aliphatic heterocycles. The van der Waals surface area contributed by atoms with Crippen molar-refractivity contribution in [2.75, 3.05) is 0 Å². The molecule has 0 saturated heterocycles. The highest BCUT2D eigenvalue weighted by Gasteiger charge is 2.58. The van der Waals surface area contributed by atoms with E-state index < -0.39 is 11.4 Å². The first-order valence-corrected chi connectivity index (χ1v) is 11.4. The average Bonchev–Trinajstić information content (AvgIpc) is 3.04. The van der Waals surface area contributed by atoms with Crippen molar-refractivity contribution >= 4 is 5.78 Å². The van der Waals surface area contributed by atoms with Gasteiger partial charge < -0.3 is 9.52 Å². The van der Waals surface area contributed by atoms with Crippen molar-refractivity contribution in [3.63, 3.8) is 0 Å². The summed E-state index contributed by atoms with van der Waals surface area (Å²) in [6.45, 7) is 8.74. The molecule has 1 aromatic heterocycles. The number of aliphatic hydroxyl groups is 1. The Morgan fingerprint density at radius 2 is 1.87 bits per heavy atom. The topological polar surface area (TPSA) is 85.3 Å². The Bertz CT molecular complexity index is 1000. The molecule has 0 unspecified atom stereocenters. The largest absolute Gasteiger partial charge is 0.437 e. The average molecular weight is 427 g/mol. The Morgan fingerprint density at radius 1 is 1.16 bits per heavy atom. The van der Waals surface area contributed by atoms with Gasteiger partial charge in [-0.2, -0.15) is 4.68 Å². The lowest BCUT2D eigenvalue weighted by Crippen LogP contribution is -2.58. The number of carbonyl (C=O) groups is 1. The molecule has 6 nitrogen and oxygen atoms in total. The number of carbonyl (C=O) groups excluding carboxylic acids is 1. The zero-order valence-corrected chi connectivity index (χ0v) is 19.1. The Balaban J connectivity index is 1.58. The summed E-state index contributed by atoms with van der Waals surface area (Å²) in [7, 11) is 0. The minimum absolute atomic E-state index is 0.0499. The van der Waals surface area contributed by atoms with E-state index in [0.29, 0.717) is 23.8 Å². The van der Waals surface area contributed by atoms with Crippen LogP contribution in [0.15, 0.2) is 39.5 Å². The maximum absolute atomic E-state index is 12.5. The molecule has 2 aliphatic carbocycles. The number of hydrogen-bond acceptors (Lipinski definition) is 5. The Labute approximate surface area is 183 Å². The monoisotopic (exact) mass is 426 g/mol. The highest BCUT2D eigenvalue weighted by atomic mass is 16.4. The van der Waals surface area contributed by atoms with Crippen molar-refractivity contribution in [2.45, 2.75) is 78.4 Å². The van der Waals surface area contributed by atoms with Gasteiger partial charge >= 0.3 is 5.76 Å². The summed E-state index contributed by atoms with van der Waals surface area (Å²) in [5.74, 6) is -0.0582. The van der Waals surface area contributed by atoms with Gasteiger partial charge in [0.05, 0.1) is 5.60 Å². The van der Waals surface area contributed by atoms with Crippen LogP contribution in [0.1, 0.15) is 76.0 Å². The van der Waals surface area contributed by atoms with E-state index in [1.165, 1.54) is 6.42 Å². The SMILES string of the molecule is CC1(C)CCC[C@]2(C)[C@@H](Cc3nn(CC(=O)c4ccccc4)c(=O)o3)[C@](C)(O)CC[C@@H]12. The van der Waals surface area contributed by atoms with Gasteiger partial charge in [0.1, 0.15) is 6.54 Å². The van der Waals surface area contributed by atoms with Crippen LogP contribution in [-0.2, 0) is 13.0 Å². The Kier molecular flexibility index (Phi) is 5.49. The molecule has 0 amide bonds. The lowest BCUT2D eigenvalue weighted by molar-refractivity contribution is -0.167. The molecule has 0 bridgehead atoms. The molecule has 2 saturated carbocycles. The van der Waals surface area contributed by atoms with Gasteiger partial charge in [0, 0.05) is 17.9 Å². The Morgan fingerprint density at radius 3 is 2.58 bits per heavy atom. The highest BCUT2D eigenvalue weighted by molar-refractivity contribution is 5.95. The summed E-state index contributed by atoms with van der Waals surface area (Å²) in [6, 6.07) is 8.86. The fourth-order valence-electron chi connectivity index (χ4n) is 6.64. The van der Waals surface area contributed by atoms with Crippen molar-refractivity contribution in [3.05, 3.63) is 52.3 Å². The summed E-state index contributed by atoms with van der Waals surface area (Å²) in [5.41, 5.74) is -0.134. The van der Waals surface area contributed by atoms with Gasteiger partial charge in [-0.1, -0.05) is 57.5 Å². The molecule has 4 rings (SSSR count). The van der Waals surface area contributed by atoms with Crippen LogP contribution < -0.4 is 5.76 Å². The third-order valence-corrected chi connectivity index (χ3v) is 8.18. The van der Waals surface area contributed by atoms with Gasteiger partial charge in [-0.25, -0.2) is 4.79 Å². The summed E-state index contributed by atoms with van der Waals surface area (Å²) in [5, 5.41) is 15.7. The van der Waals surface area contributed by atoms with Gasteiger partial charge in [-0.15, -0.1) is 5.10 Å². The first kappa shape index (κ1) is 22.0. The molecular formula is C25H34N2O4. The van der Waals surface area contributed by atoms with Crippen LogP contribution in [0.2, 0.25) is 0 Å². The second-order valence-corrected chi connectivity index (χ2v) is 10.8. The highest BCUT2D eigenvalue weighted by Crippen LogP contribution is 2.62. The maximum Gasteiger partial charge on any atom is 0.437 e. The van der Waals surface area contributed by atoms with Gasteiger partial charge in [0.2, 0.25) is 5.89 Å². The zero-order valence-electron chi connectivity index (χ0n) is 19.1. The van der Waals surface area contributed by atoms with E-state index >= 15 is 0 Å². The standard InChI is InChI=1S/C25H34N2O4/c1-23(2)12-8-13-24(3)19(23)11-14-25(4,30)20(24)15-21-26-27(22(29)31-21)16-18(28)17-9-6-5-7-10-17/h5-7,9-10,19-20,30H,8,11-16H2,1-4H3/t19-,20+,24-,25+/m0/s1. The van der Waals surface area contributed by atoms with Crippen molar-refractivity contribution in [2.24, 2.45) is 22.7 Å². The van der Waals surface area contributed by atoms with E-state index in [9.17, 15) is 14.7 Å². The lowest BCUT2D eigenvalue weighted by Gasteiger charge is -2.61. The number of ketones is 1. The summed E-state index contributed by atoms with van der Waals surface area (Å²) in [4.78, 5) is 24.9. The van der Waals surface area contributed by atoms with Crippen LogP contribution in [0.5, 0.6) is 0 Å². The van der Waals surface area contributed by atoms with Crippen molar-refractivity contribution in [1.29, 1.82) is 0 Å². The number of rotatable bonds is 5. The summed E-state index contributed by atoms with van der Waals surface area (Å²) in [6.07, 6.45) is 5.54. The molecular weight excluding hydrogens is 392 g/mol. The quantitative estimate of drug-likeness (QED) is 0.722. The number of hydrogen-bond donors (Lipinski definition) is 1. The van der Waals surface area contributed by atoms with Crippen LogP contribution in [0.3, 0.4) is 0 Å². The molecule has 2 fully saturated rings. The molecule has 1 N–H and O–H groups in total. The molecule has 2 aliphatic rings. The third kappa shape index (κ3) is 4.02. The fraction of sp³-hybridized carbons (Fsp3) is 0.640. The normalized spacial score (nSPS) is 32.4. The van der Waals surface area contributed by atoms with Crippen LogP contribution in [0, 0.1) is 22.7 Å². The first-order valence-electron chi connectivity index (χ1n) is 11.4. The second kappa shape index (κ2) is 7.73. The number of fused-ring (bicyclic) bond motifs is 1. The molecule has 0 radical (unpaired) electrons. The second-order valence-electron chi connectivity index (χ2n) is 10.8. The molecule has 0 spiro atoms. The molecule has 4 atom stereocenters. The Hall–Kier alpha value is -2.21. The van der Waals surface area contributed by atoms with E-state index in [2.05, 4.69) is 25.9 Å². The van der Waals surface area contributed by atoms with Gasteiger partial charge in [0.15, 0.2) is 5.78 Å². The van der Waals surface area contributed by atoms with Crippen molar-refractivity contribution < 1.29 is 14.3 Å². The fourth-order valence-corrected chi connectivity index (χ4v) is 6.64. The van der Waals surface area contributed by atoms with Crippen LogP contribution >= 0.6 is 0 Å². The zero-order chi connectivity index (χ0) is 22.4. The molecule has 2 aromatic rings. The molecule has 1 heterocycles. The molecule has 168 valence electrons. The van der Waals surface area contributed by atoms with E-state index in [1.807, 2.05) is 13.0 Å². The summed E-state index contributed by atoms with van der Waals surface area (Å²) < 4.78 is 6.56. The maximum atomic E-state index is 12.5. The summed E-state index contributed by atoms with van der Waals surface area (Å²) >= 11 is 0. The van der Waals surface area contributed by atoms with E-state index in [0.717, 1.165) is 30.4 Å². The van der Waals surface area contributed by atoms with Crippen LogP contribution in [0.4, 0.5) is 0 Å². The van der Waals surface area contributed by atoms with E-state index in [1.54, 1.807) is 24.3 Å². The van der Waals surface area contributed by atoms with Crippen molar-refractivity contribution in [3.8, 4) is 0 Å². The van der Waals surface area contributed by atoms with Crippen LogP contribution in [-0.4, -0.2) is 26.3 Å². The third-order valence-electron chi connectivity index (χ3n) is 8.18. The van der Waals surface area contributed by atoms with Crippen molar-refractivity contribution in [1.82, 2.24) is 9.78 Å². The van der Waals surface area contributed by atoms with E-state index in [-0.39, 0.29) is 29.1 Å². The molecule has 1 aromatic carbocycles. The smallest absolute Gasteiger partial charge is 0.392 e. The lowest BCUT2D eigenvalue weighted by atomic mass is 9.45. The molecule has 6 heteroatoms. The minimum atomic E-state index is -0.846. The van der Waals surface area contributed by atoms with Gasteiger partial charge in [-0.05, 0) is 49.4 Å². The van der Waals surface area contributed by atoms with E-state index in [4.69, 9.17) is 4.42 Å². The van der Waals surface area contributed by atoms with Gasteiger partial charge in [0.25, 0.3) is 0 Å². The predicted molar refractivity (Wildman–Crippen MR) is 118 cm³/mol. The van der Waals surface area contributed by atoms with Gasteiger partial charge in [-0.3, -0.25) is 4.79 Å². The van der Waals surface area contributed by atoms with Crippen LogP contribution in [0.25, 0.3) is 0 Å². The molecule has 31 heavy (non-hydrogen) atoms. The minimum Gasteiger partial charge on any atom is -0.392 e. The number of benzene rings is 1.